The van der Waals surface area contributed by atoms with Crippen LogP contribution in [-0.4, -0.2) is 16.2 Å². The molecule has 0 bridgehead atoms. The lowest BCUT2D eigenvalue weighted by molar-refractivity contribution is -0.142. The molecule has 4 heteroatoms. The minimum atomic E-state index is -0.885. The minimum absolute atomic E-state index is 0.150. The number of carboxylic acids is 1. The maximum Gasteiger partial charge on any atom is 0.306 e. The van der Waals surface area contributed by atoms with Crippen LogP contribution in [0.4, 0.5) is 4.39 Å². The van der Waals surface area contributed by atoms with E-state index in [-0.39, 0.29) is 11.7 Å². The number of phenolic OH excluding ortho intramolecular Hbond substituents is 1. The maximum absolute atomic E-state index is 13.3. The highest BCUT2D eigenvalue weighted by molar-refractivity contribution is 5.71. The van der Waals surface area contributed by atoms with Crippen LogP contribution in [0.1, 0.15) is 37.7 Å². The molecular weight excluding hydrogens is 235 g/mol. The highest BCUT2D eigenvalue weighted by Gasteiger charge is 2.32. The number of rotatable bonds is 5. The normalized spacial score (nSPS) is 18.3. The lowest BCUT2D eigenvalue weighted by Crippen LogP contribution is -2.19. The number of carbonyl (C=O) groups is 1. The smallest absolute Gasteiger partial charge is 0.306 e. The maximum atomic E-state index is 13.3. The van der Waals surface area contributed by atoms with Crippen LogP contribution < -0.4 is 0 Å². The number of phenols is 1. The molecule has 0 saturated heterocycles. The third-order valence-corrected chi connectivity index (χ3v) is 3.61. The predicted octanol–water partition coefficient (Wildman–Crippen LogP) is 3.14. The third kappa shape index (κ3) is 3.00. The molecule has 2 rings (SSSR count). The van der Waals surface area contributed by atoms with E-state index < -0.39 is 17.7 Å². The van der Waals surface area contributed by atoms with Gasteiger partial charge in [0.05, 0.1) is 5.92 Å². The Bertz CT molecular complexity index is 434. The van der Waals surface area contributed by atoms with E-state index in [1.54, 1.807) is 6.92 Å². The van der Waals surface area contributed by atoms with Crippen molar-refractivity contribution in [1.82, 2.24) is 0 Å². The number of benzene rings is 1. The molecule has 2 atom stereocenters. The molecule has 1 fully saturated rings. The Morgan fingerprint density at radius 2 is 2.11 bits per heavy atom. The minimum Gasteiger partial charge on any atom is -0.508 e. The van der Waals surface area contributed by atoms with Crippen molar-refractivity contribution in [1.29, 1.82) is 0 Å². The number of aliphatic carboxylic acids is 1. The van der Waals surface area contributed by atoms with E-state index in [1.807, 2.05) is 0 Å². The van der Waals surface area contributed by atoms with Crippen LogP contribution in [0.25, 0.3) is 0 Å². The van der Waals surface area contributed by atoms with Crippen LogP contribution in [0.2, 0.25) is 0 Å². The fourth-order valence-electron chi connectivity index (χ4n) is 2.32. The first-order valence-electron chi connectivity index (χ1n) is 6.19. The summed E-state index contributed by atoms with van der Waals surface area (Å²) < 4.78 is 13.3. The van der Waals surface area contributed by atoms with Gasteiger partial charge < -0.3 is 10.2 Å². The van der Waals surface area contributed by atoms with E-state index in [0.717, 1.165) is 25.3 Å². The van der Waals surface area contributed by atoms with Gasteiger partial charge in [-0.15, -0.1) is 0 Å². The topological polar surface area (TPSA) is 57.5 Å². The fourth-order valence-corrected chi connectivity index (χ4v) is 2.32. The van der Waals surface area contributed by atoms with Crippen LogP contribution in [-0.2, 0) is 4.79 Å². The molecule has 1 saturated carbocycles. The molecule has 18 heavy (non-hydrogen) atoms. The van der Waals surface area contributed by atoms with Crippen molar-refractivity contribution >= 4 is 5.97 Å². The van der Waals surface area contributed by atoms with Crippen molar-refractivity contribution < 1.29 is 19.4 Å². The summed E-state index contributed by atoms with van der Waals surface area (Å²) in [4.78, 5) is 11.1. The Hall–Kier alpha value is -1.58. The van der Waals surface area contributed by atoms with E-state index in [0.29, 0.717) is 11.5 Å². The molecule has 1 aliphatic carbocycles. The highest BCUT2D eigenvalue weighted by Crippen LogP contribution is 2.42. The average molecular weight is 252 g/mol. The molecule has 3 nitrogen and oxygen atoms in total. The first kappa shape index (κ1) is 12.9. The van der Waals surface area contributed by atoms with Gasteiger partial charge in [0.25, 0.3) is 0 Å². The molecule has 2 unspecified atom stereocenters. The van der Waals surface area contributed by atoms with E-state index in [2.05, 4.69) is 0 Å². The van der Waals surface area contributed by atoms with Crippen LogP contribution in [0.15, 0.2) is 18.2 Å². The van der Waals surface area contributed by atoms with Gasteiger partial charge in [-0.25, -0.2) is 4.39 Å². The van der Waals surface area contributed by atoms with E-state index in [9.17, 15) is 14.3 Å². The zero-order valence-corrected chi connectivity index (χ0v) is 10.3. The van der Waals surface area contributed by atoms with Crippen LogP contribution >= 0.6 is 0 Å². The van der Waals surface area contributed by atoms with E-state index in [4.69, 9.17) is 5.11 Å². The fraction of sp³-hybridized carbons (Fsp3) is 0.500. The van der Waals surface area contributed by atoms with Crippen molar-refractivity contribution in [2.24, 2.45) is 11.8 Å². The first-order valence-corrected chi connectivity index (χ1v) is 6.19. The van der Waals surface area contributed by atoms with Gasteiger partial charge >= 0.3 is 5.97 Å². The summed E-state index contributed by atoms with van der Waals surface area (Å²) in [6.07, 6.45) is 2.98. The predicted molar refractivity (Wildman–Crippen MR) is 64.9 cm³/mol. The van der Waals surface area contributed by atoms with E-state index in [1.165, 1.54) is 12.1 Å². The molecule has 2 N–H and O–H groups in total. The standard InChI is InChI=1S/C14H17FO3/c1-8(14(17)18)13(4-9-2-3-9)10-5-11(15)7-12(16)6-10/h5-9,13,16H,2-4H2,1H3,(H,17,18). The Balaban J connectivity index is 2.28. The third-order valence-electron chi connectivity index (χ3n) is 3.61. The van der Waals surface area contributed by atoms with Crippen molar-refractivity contribution in [2.75, 3.05) is 0 Å². The quantitative estimate of drug-likeness (QED) is 0.846. The van der Waals surface area contributed by atoms with Crippen molar-refractivity contribution in [2.45, 2.75) is 32.1 Å². The Morgan fingerprint density at radius 1 is 1.44 bits per heavy atom. The summed E-state index contributed by atoms with van der Waals surface area (Å²) in [6.45, 7) is 1.64. The molecule has 0 aliphatic heterocycles. The summed E-state index contributed by atoms with van der Waals surface area (Å²) in [5, 5.41) is 18.6. The molecule has 0 spiro atoms. The molecule has 0 radical (unpaired) electrons. The van der Waals surface area contributed by atoms with Gasteiger partial charge in [0.15, 0.2) is 0 Å². The summed E-state index contributed by atoms with van der Waals surface area (Å²) in [7, 11) is 0. The molecule has 1 aromatic carbocycles. The van der Waals surface area contributed by atoms with E-state index >= 15 is 0 Å². The van der Waals surface area contributed by atoms with Gasteiger partial charge in [0.2, 0.25) is 0 Å². The average Bonchev–Trinajstić information content (AvgIpc) is 3.07. The van der Waals surface area contributed by atoms with Crippen molar-refractivity contribution in [3.63, 3.8) is 0 Å². The molecule has 0 amide bonds. The van der Waals surface area contributed by atoms with Crippen LogP contribution in [0.3, 0.4) is 0 Å². The Labute approximate surface area is 105 Å². The number of halogens is 1. The summed E-state index contributed by atoms with van der Waals surface area (Å²) >= 11 is 0. The first-order chi connectivity index (χ1) is 8.47. The summed E-state index contributed by atoms with van der Waals surface area (Å²) in [5.41, 5.74) is 0.578. The number of hydrogen-bond acceptors (Lipinski definition) is 2. The largest absolute Gasteiger partial charge is 0.508 e. The SMILES string of the molecule is CC(C(=O)O)C(CC1CC1)c1cc(O)cc(F)c1. The molecule has 1 aliphatic rings. The van der Waals surface area contributed by atoms with Gasteiger partial charge in [-0.05, 0) is 36.0 Å². The second-order valence-corrected chi connectivity index (χ2v) is 5.16. The van der Waals surface area contributed by atoms with Gasteiger partial charge in [-0.3, -0.25) is 4.79 Å². The van der Waals surface area contributed by atoms with Crippen molar-refractivity contribution in [3.05, 3.63) is 29.6 Å². The van der Waals surface area contributed by atoms with Gasteiger partial charge in [-0.1, -0.05) is 19.8 Å². The molecule has 0 heterocycles. The second kappa shape index (κ2) is 4.96. The van der Waals surface area contributed by atoms with Gasteiger partial charge in [-0.2, -0.15) is 0 Å². The number of aromatic hydroxyl groups is 1. The van der Waals surface area contributed by atoms with Crippen LogP contribution in [0.5, 0.6) is 5.75 Å². The lowest BCUT2D eigenvalue weighted by atomic mass is 9.83. The Kier molecular flexibility index (Phi) is 3.55. The van der Waals surface area contributed by atoms with Gasteiger partial charge in [0.1, 0.15) is 11.6 Å². The highest BCUT2D eigenvalue weighted by atomic mass is 19.1. The molecular formula is C14H17FO3. The Morgan fingerprint density at radius 3 is 2.61 bits per heavy atom. The summed E-state index contributed by atoms with van der Waals surface area (Å²) in [5.74, 6) is -1.83. The zero-order valence-electron chi connectivity index (χ0n) is 10.3. The molecule has 0 aromatic heterocycles. The zero-order chi connectivity index (χ0) is 13.3. The monoisotopic (exact) mass is 252 g/mol. The van der Waals surface area contributed by atoms with Gasteiger partial charge in [0, 0.05) is 6.07 Å². The second-order valence-electron chi connectivity index (χ2n) is 5.16. The summed E-state index contributed by atoms with van der Waals surface area (Å²) in [6, 6.07) is 3.82. The number of carboxylic acid groups (broad SMARTS) is 1. The van der Waals surface area contributed by atoms with Crippen LogP contribution in [0, 0.1) is 17.7 Å². The number of hydrogen-bond donors (Lipinski definition) is 2. The van der Waals surface area contributed by atoms with Crippen molar-refractivity contribution in [3.8, 4) is 5.75 Å². The lowest BCUT2D eigenvalue weighted by Gasteiger charge is -2.21. The molecule has 98 valence electrons. The molecule has 1 aromatic rings.